The molecule has 0 aliphatic rings. The van der Waals surface area contributed by atoms with Crippen LogP contribution in [0.15, 0.2) is 53.7 Å². The maximum absolute atomic E-state index is 12.7. The molecule has 0 saturated heterocycles. The van der Waals surface area contributed by atoms with Crippen molar-refractivity contribution < 1.29 is 99.9 Å². The van der Waals surface area contributed by atoms with Crippen LogP contribution in [0.3, 0.4) is 0 Å². The second-order valence-corrected chi connectivity index (χ2v) is 10.1. The van der Waals surface area contributed by atoms with Crippen molar-refractivity contribution in [2.24, 2.45) is 0 Å². The molecule has 0 aliphatic carbocycles. The molecule has 10 nitrogen and oxygen atoms in total. The van der Waals surface area contributed by atoms with Crippen LogP contribution in [0.2, 0.25) is 0 Å². The Labute approximate surface area is 249 Å². The number of halogens is 12. The highest BCUT2D eigenvalue weighted by molar-refractivity contribution is 7.85. The number of pyridine rings is 1. The molecule has 46 heavy (non-hydrogen) atoms. The van der Waals surface area contributed by atoms with Crippen molar-refractivity contribution in [2.45, 2.75) is 53.6 Å². The molecular weight excluding hydrogens is 694 g/mol. The molecule has 0 spiro atoms. The molecule has 2 rings (SSSR count). The van der Waals surface area contributed by atoms with E-state index in [1.165, 1.54) is 0 Å². The van der Waals surface area contributed by atoms with Crippen molar-refractivity contribution in [2.75, 3.05) is 13.2 Å². The summed E-state index contributed by atoms with van der Waals surface area (Å²) in [4.78, 5) is 25.5. The van der Waals surface area contributed by atoms with Gasteiger partial charge in [-0.25, -0.2) is 23.0 Å². The van der Waals surface area contributed by atoms with Gasteiger partial charge in [0, 0.05) is 25.0 Å². The monoisotopic (exact) mass is 713 g/mol. The predicted octanol–water partition coefficient (Wildman–Crippen LogP) is 3.90. The van der Waals surface area contributed by atoms with E-state index in [2.05, 4.69) is 14.5 Å². The Morgan fingerprint density at radius 3 is 1.20 bits per heavy atom. The zero-order chi connectivity index (χ0) is 36.0. The minimum absolute atomic E-state index is 0.104. The minimum atomic E-state index is -6.31. The Bertz CT molecular complexity index is 1310. The lowest BCUT2D eigenvalue weighted by Crippen LogP contribution is -2.57. The topological polar surface area (TPSA) is 164 Å². The summed E-state index contributed by atoms with van der Waals surface area (Å²) in [6, 6.07) is 6.27. The van der Waals surface area contributed by atoms with Gasteiger partial charge in [0.1, 0.15) is 10.1 Å². The number of hydrogen-bond acceptors (Lipinski definition) is 9. The summed E-state index contributed by atoms with van der Waals surface area (Å²) in [7, 11) is -5.62. The van der Waals surface area contributed by atoms with E-state index in [9.17, 15) is 75.2 Å². The van der Waals surface area contributed by atoms with Gasteiger partial charge in [0.05, 0.1) is 29.2 Å². The molecule has 2 aromatic rings. The van der Waals surface area contributed by atoms with Crippen molar-refractivity contribution in [3.05, 3.63) is 59.9 Å². The Hall–Kier alpha value is -3.70. The number of carbonyl (C=O) groups excluding carboxylic acids is 2. The van der Waals surface area contributed by atoms with Gasteiger partial charge in [0.25, 0.3) is 11.2 Å². The lowest BCUT2D eigenvalue weighted by Gasteiger charge is -2.32. The standard InChI is InChI=1S/C18H14F12O9S.C5H5N/c19-15(20,21)13(33,16(22,23)24)1-3-38-11(31)8-5-9(7-10(6-8)40(35,36)37)12(32)39-4-2-14(34,17(25,26)27)18(28,29)30;1-2-4-6-5-3-1/h5-7,33-34H,1-4H2,(H,35,36,37);1-5H. The van der Waals surface area contributed by atoms with E-state index in [0.717, 1.165) is 0 Å². The second-order valence-electron chi connectivity index (χ2n) is 8.76. The first-order valence-corrected chi connectivity index (χ1v) is 13.1. The molecule has 260 valence electrons. The summed E-state index contributed by atoms with van der Waals surface area (Å²) in [6.07, 6.45) is -26.2. The summed E-state index contributed by atoms with van der Waals surface area (Å²) < 4.78 is 194. The highest BCUT2D eigenvalue weighted by Crippen LogP contribution is 2.46. The van der Waals surface area contributed by atoms with Gasteiger partial charge in [-0.1, -0.05) is 6.07 Å². The van der Waals surface area contributed by atoms with Crippen LogP contribution in [0.5, 0.6) is 0 Å². The molecule has 3 N–H and O–H groups in total. The van der Waals surface area contributed by atoms with Crippen molar-refractivity contribution in [1.29, 1.82) is 0 Å². The van der Waals surface area contributed by atoms with Gasteiger partial charge in [-0.05, 0) is 18.2 Å². The number of hydrogen-bond donors (Lipinski definition) is 2. The Balaban J connectivity index is 0.00000157. The van der Waals surface area contributed by atoms with Crippen molar-refractivity contribution in [3.8, 4) is 0 Å². The van der Waals surface area contributed by atoms with Gasteiger partial charge in [0.15, 0.2) is 12.4 Å². The molecule has 23 heteroatoms. The van der Waals surface area contributed by atoms with Crippen molar-refractivity contribution >= 4 is 22.1 Å². The molecule has 1 aromatic heterocycles. The fourth-order valence-electron chi connectivity index (χ4n) is 2.96. The van der Waals surface area contributed by atoms with E-state index >= 15 is 0 Å². The molecule has 0 bridgehead atoms. The first-order chi connectivity index (χ1) is 20.6. The van der Waals surface area contributed by atoms with Crippen LogP contribution in [-0.2, 0) is 19.6 Å². The van der Waals surface area contributed by atoms with E-state index in [0.29, 0.717) is 0 Å². The first-order valence-electron chi connectivity index (χ1n) is 11.7. The summed E-state index contributed by atoms with van der Waals surface area (Å²) >= 11 is 0. The lowest BCUT2D eigenvalue weighted by atomic mass is 9.99. The highest BCUT2D eigenvalue weighted by Gasteiger charge is 2.71. The molecule has 0 unspecified atom stereocenters. The predicted molar refractivity (Wildman–Crippen MR) is 121 cm³/mol. The first kappa shape index (κ1) is 40.3. The van der Waals surface area contributed by atoms with Gasteiger partial charge < -0.3 is 24.2 Å². The fraction of sp³-hybridized carbons (Fsp3) is 0.435. The summed E-state index contributed by atoms with van der Waals surface area (Å²) in [5.41, 5.74) is -13.2. The van der Waals surface area contributed by atoms with Crippen LogP contribution in [-0.4, -0.2) is 84.2 Å². The number of ether oxygens (including phenoxy) is 2. The van der Waals surface area contributed by atoms with E-state index < -0.39 is 100 Å². The second kappa shape index (κ2) is 14.4. The number of aromatic amines is 1. The Morgan fingerprint density at radius 2 is 0.978 bits per heavy atom. The third-order valence-electron chi connectivity index (χ3n) is 5.54. The maximum atomic E-state index is 12.7. The van der Waals surface area contributed by atoms with E-state index in [1.807, 2.05) is 30.6 Å². The van der Waals surface area contributed by atoms with Gasteiger partial charge in [-0.15, -0.1) is 0 Å². The number of alkyl halides is 12. The Kier molecular flexibility index (Phi) is 12.6. The SMILES string of the molecule is O=C(OCCC(O)(C(F)(F)F)C(F)(F)F)c1cc(C(=O)OCCC(O)(C(F)(F)F)C(F)(F)F)cc(S(=O)(=O)[O-])c1.c1cc[nH+]cc1. The fourth-order valence-corrected chi connectivity index (χ4v) is 3.50. The third kappa shape index (κ3) is 10.2. The number of aromatic nitrogens is 1. The number of benzene rings is 1. The lowest BCUT2D eigenvalue weighted by molar-refractivity contribution is -0.378. The summed E-state index contributed by atoms with van der Waals surface area (Å²) in [5, 5.41) is 18.0. The maximum Gasteiger partial charge on any atom is 0.426 e. The van der Waals surface area contributed by atoms with Crippen LogP contribution < -0.4 is 4.98 Å². The Morgan fingerprint density at radius 1 is 0.652 bits per heavy atom. The molecule has 0 saturated carbocycles. The molecule has 0 atom stereocenters. The number of rotatable bonds is 9. The summed E-state index contributed by atoms with van der Waals surface area (Å²) in [5.74, 6) is -3.98. The van der Waals surface area contributed by atoms with Crippen LogP contribution in [0.25, 0.3) is 0 Å². The zero-order valence-electron chi connectivity index (χ0n) is 22.1. The van der Waals surface area contributed by atoms with Gasteiger partial charge in [0.2, 0.25) is 0 Å². The minimum Gasteiger partial charge on any atom is -0.744 e. The van der Waals surface area contributed by atoms with Gasteiger partial charge in [-0.3, -0.25) is 0 Å². The largest absolute Gasteiger partial charge is 0.744 e. The number of carbonyl (C=O) groups is 2. The van der Waals surface area contributed by atoms with E-state index in [4.69, 9.17) is 10.2 Å². The molecule has 0 fully saturated rings. The summed E-state index contributed by atoms with van der Waals surface area (Å²) in [6.45, 7) is -3.67. The average molecular weight is 713 g/mol. The molecule has 0 aliphatic heterocycles. The van der Waals surface area contributed by atoms with Crippen LogP contribution in [0, 0.1) is 0 Å². The highest BCUT2D eigenvalue weighted by atomic mass is 32.2. The quantitative estimate of drug-likeness (QED) is 0.223. The number of esters is 2. The van der Waals surface area contributed by atoms with Crippen molar-refractivity contribution in [1.82, 2.24) is 0 Å². The van der Waals surface area contributed by atoms with Crippen molar-refractivity contribution in [3.63, 3.8) is 0 Å². The van der Waals surface area contributed by atoms with Crippen LogP contribution >= 0.6 is 0 Å². The normalized spacial score (nSPS) is 13.4. The van der Waals surface area contributed by atoms with Gasteiger partial charge >= 0.3 is 36.6 Å². The molecule has 0 radical (unpaired) electrons. The molecule has 1 aromatic carbocycles. The number of aliphatic hydroxyl groups is 2. The molecule has 1 heterocycles. The number of H-pyrrole nitrogens is 1. The number of nitrogens with one attached hydrogen (secondary N) is 1. The zero-order valence-corrected chi connectivity index (χ0v) is 23.0. The smallest absolute Gasteiger partial charge is 0.426 e. The van der Waals surface area contributed by atoms with Crippen LogP contribution in [0.1, 0.15) is 33.6 Å². The average Bonchev–Trinajstić information content (AvgIpc) is 2.90. The third-order valence-corrected chi connectivity index (χ3v) is 6.36. The molecular formula is C23H19F12NO9S. The van der Waals surface area contributed by atoms with E-state index in [1.54, 1.807) is 0 Å². The molecule has 0 amide bonds. The van der Waals surface area contributed by atoms with E-state index in [-0.39, 0.29) is 18.2 Å². The van der Waals surface area contributed by atoms with Gasteiger partial charge in [-0.2, -0.15) is 52.7 Å². The van der Waals surface area contributed by atoms with Crippen LogP contribution in [0.4, 0.5) is 52.7 Å².